The minimum Gasteiger partial charge on any atom is -0.342 e. The summed E-state index contributed by atoms with van der Waals surface area (Å²) in [5.74, 6) is -0.382. The van der Waals surface area contributed by atoms with Crippen molar-refractivity contribution in [2.45, 2.75) is 12.8 Å². The zero-order chi connectivity index (χ0) is 18.6. The number of nitrogens with one attached hydrogen (secondary N) is 1. The summed E-state index contributed by atoms with van der Waals surface area (Å²) in [4.78, 5) is 31.1. The number of anilines is 1. The van der Waals surface area contributed by atoms with Gasteiger partial charge >= 0.3 is 0 Å². The minimum atomic E-state index is -0.319. The van der Waals surface area contributed by atoms with Gasteiger partial charge in [0.2, 0.25) is 11.8 Å². The second-order valence-corrected chi connectivity index (χ2v) is 6.84. The van der Waals surface area contributed by atoms with Crippen LogP contribution in [-0.4, -0.2) is 34.8 Å². The van der Waals surface area contributed by atoms with Crippen LogP contribution in [0.5, 0.6) is 0 Å². The van der Waals surface area contributed by atoms with Crippen LogP contribution >= 0.6 is 0 Å². The second-order valence-electron chi connectivity index (χ2n) is 6.84. The fourth-order valence-electron chi connectivity index (χ4n) is 3.52. The zero-order valence-corrected chi connectivity index (χ0v) is 15.0. The maximum atomic E-state index is 12.7. The molecule has 1 unspecified atom stereocenters. The molecule has 1 aliphatic heterocycles. The number of amides is 2. The highest BCUT2D eigenvalue weighted by Gasteiger charge is 2.34. The lowest BCUT2D eigenvalue weighted by Gasteiger charge is -2.17. The maximum Gasteiger partial charge on any atom is 0.229 e. The summed E-state index contributed by atoms with van der Waals surface area (Å²) in [6.07, 6.45) is 2.80. The van der Waals surface area contributed by atoms with Crippen molar-refractivity contribution in [1.29, 1.82) is 0 Å². The summed E-state index contributed by atoms with van der Waals surface area (Å²) in [5, 5.41) is 3.89. The first-order chi connectivity index (χ1) is 13.2. The van der Waals surface area contributed by atoms with E-state index in [-0.39, 0.29) is 24.2 Å². The molecule has 0 spiro atoms. The minimum absolute atomic E-state index is 0.0469. The SMILES string of the molecule is O=C(Nc1cccc2ncccc12)C1CC(=O)N(CCc2ccccc2)C1. The van der Waals surface area contributed by atoms with Crippen molar-refractivity contribution in [2.24, 2.45) is 5.92 Å². The van der Waals surface area contributed by atoms with Crippen LogP contribution in [0, 0.1) is 5.92 Å². The lowest BCUT2D eigenvalue weighted by Crippen LogP contribution is -2.30. The predicted molar refractivity (Wildman–Crippen MR) is 105 cm³/mol. The van der Waals surface area contributed by atoms with E-state index in [0.29, 0.717) is 13.1 Å². The molecule has 5 heteroatoms. The van der Waals surface area contributed by atoms with Gasteiger partial charge in [-0.05, 0) is 36.2 Å². The molecular weight excluding hydrogens is 338 g/mol. The molecule has 1 aliphatic rings. The second kappa shape index (κ2) is 7.58. The van der Waals surface area contributed by atoms with Crippen molar-refractivity contribution >= 4 is 28.4 Å². The van der Waals surface area contributed by atoms with E-state index in [4.69, 9.17) is 0 Å². The van der Waals surface area contributed by atoms with Crippen LogP contribution < -0.4 is 5.32 Å². The van der Waals surface area contributed by atoms with Gasteiger partial charge in [-0.3, -0.25) is 14.6 Å². The first kappa shape index (κ1) is 17.2. The van der Waals surface area contributed by atoms with Gasteiger partial charge in [-0.15, -0.1) is 0 Å². The van der Waals surface area contributed by atoms with Crippen LogP contribution in [-0.2, 0) is 16.0 Å². The van der Waals surface area contributed by atoms with Gasteiger partial charge in [0, 0.05) is 31.1 Å². The Hall–Kier alpha value is -3.21. The lowest BCUT2D eigenvalue weighted by atomic mass is 10.1. The highest BCUT2D eigenvalue weighted by molar-refractivity contribution is 6.03. The van der Waals surface area contributed by atoms with Crippen LogP contribution in [0.15, 0.2) is 66.9 Å². The van der Waals surface area contributed by atoms with Gasteiger partial charge in [0.05, 0.1) is 17.1 Å². The average Bonchev–Trinajstić information content (AvgIpc) is 3.08. The smallest absolute Gasteiger partial charge is 0.229 e. The van der Waals surface area contributed by atoms with Crippen molar-refractivity contribution in [3.05, 3.63) is 72.4 Å². The third-order valence-electron chi connectivity index (χ3n) is 5.00. The van der Waals surface area contributed by atoms with Crippen LogP contribution in [0.1, 0.15) is 12.0 Å². The fourth-order valence-corrected chi connectivity index (χ4v) is 3.52. The third-order valence-corrected chi connectivity index (χ3v) is 5.00. The standard InChI is InChI=1S/C22H21N3O2/c26-21-14-17(15-25(21)13-11-16-6-2-1-3-7-16)22(27)24-20-10-4-9-19-18(20)8-5-12-23-19/h1-10,12,17H,11,13-15H2,(H,24,27). The Balaban J connectivity index is 1.40. The van der Waals surface area contributed by atoms with E-state index >= 15 is 0 Å². The number of pyridine rings is 1. The van der Waals surface area contributed by atoms with Gasteiger partial charge in [0.1, 0.15) is 0 Å². The van der Waals surface area contributed by atoms with Crippen LogP contribution in [0.3, 0.4) is 0 Å². The number of rotatable bonds is 5. The fraction of sp³-hybridized carbons (Fsp3) is 0.227. The Morgan fingerprint density at radius 3 is 2.78 bits per heavy atom. The molecule has 1 atom stereocenters. The first-order valence-electron chi connectivity index (χ1n) is 9.17. The van der Waals surface area contributed by atoms with E-state index in [1.165, 1.54) is 5.56 Å². The number of carbonyl (C=O) groups excluding carboxylic acids is 2. The van der Waals surface area contributed by atoms with Gasteiger partial charge in [-0.1, -0.05) is 36.4 Å². The van der Waals surface area contributed by atoms with E-state index in [2.05, 4.69) is 22.4 Å². The number of benzene rings is 2. The van der Waals surface area contributed by atoms with E-state index < -0.39 is 0 Å². The van der Waals surface area contributed by atoms with E-state index in [1.807, 2.05) is 48.5 Å². The van der Waals surface area contributed by atoms with Gasteiger partial charge in [0.15, 0.2) is 0 Å². The van der Waals surface area contributed by atoms with Crippen LogP contribution in [0.2, 0.25) is 0 Å². The number of hydrogen-bond acceptors (Lipinski definition) is 3. The van der Waals surface area contributed by atoms with Crippen molar-refractivity contribution < 1.29 is 9.59 Å². The Morgan fingerprint density at radius 1 is 1.07 bits per heavy atom. The highest BCUT2D eigenvalue weighted by Crippen LogP contribution is 2.24. The Bertz CT molecular complexity index is 966. The molecular formula is C22H21N3O2. The average molecular weight is 359 g/mol. The van der Waals surface area contributed by atoms with E-state index in [9.17, 15) is 9.59 Å². The lowest BCUT2D eigenvalue weighted by molar-refractivity contribution is -0.128. The first-order valence-corrected chi connectivity index (χ1v) is 9.17. The Kier molecular flexibility index (Phi) is 4.83. The van der Waals surface area contributed by atoms with Crippen molar-refractivity contribution in [1.82, 2.24) is 9.88 Å². The largest absolute Gasteiger partial charge is 0.342 e. The normalized spacial score (nSPS) is 16.7. The van der Waals surface area contributed by atoms with E-state index in [1.54, 1.807) is 11.1 Å². The zero-order valence-electron chi connectivity index (χ0n) is 15.0. The molecule has 1 saturated heterocycles. The molecule has 2 aromatic carbocycles. The van der Waals surface area contributed by atoms with Gasteiger partial charge in [-0.25, -0.2) is 0 Å². The summed E-state index contributed by atoms with van der Waals surface area (Å²) in [6, 6.07) is 19.5. The van der Waals surface area contributed by atoms with Gasteiger partial charge in [0.25, 0.3) is 0 Å². The molecule has 136 valence electrons. The molecule has 1 aromatic heterocycles. The van der Waals surface area contributed by atoms with E-state index in [0.717, 1.165) is 23.0 Å². The molecule has 2 amide bonds. The quantitative estimate of drug-likeness (QED) is 0.760. The third kappa shape index (κ3) is 3.82. The Morgan fingerprint density at radius 2 is 1.93 bits per heavy atom. The molecule has 2 heterocycles. The van der Waals surface area contributed by atoms with Crippen molar-refractivity contribution in [3.63, 3.8) is 0 Å². The maximum absolute atomic E-state index is 12.7. The topological polar surface area (TPSA) is 62.3 Å². The number of fused-ring (bicyclic) bond motifs is 1. The molecule has 0 saturated carbocycles. The summed E-state index contributed by atoms with van der Waals surface area (Å²) in [5.41, 5.74) is 2.77. The molecule has 1 fully saturated rings. The van der Waals surface area contributed by atoms with Crippen LogP contribution in [0.25, 0.3) is 10.9 Å². The summed E-state index contributed by atoms with van der Waals surface area (Å²) < 4.78 is 0. The molecule has 4 rings (SSSR count). The summed E-state index contributed by atoms with van der Waals surface area (Å²) in [6.45, 7) is 1.12. The summed E-state index contributed by atoms with van der Waals surface area (Å²) >= 11 is 0. The molecule has 0 bridgehead atoms. The molecule has 1 N–H and O–H groups in total. The molecule has 0 aliphatic carbocycles. The summed E-state index contributed by atoms with van der Waals surface area (Å²) in [7, 11) is 0. The van der Waals surface area contributed by atoms with Gasteiger partial charge < -0.3 is 10.2 Å². The monoisotopic (exact) mass is 359 g/mol. The molecule has 5 nitrogen and oxygen atoms in total. The van der Waals surface area contributed by atoms with Gasteiger partial charge in [-0.2, -0.15) is 0 Å². The molecule has 3 aromatic rings. The Labute approximate surface area is 158 Å². The number of aromatic nitrogens is 1. The highest BCUT2D eigenvalue weighted by atomic mass is 16.2. The number of nitrogens with zero attached hydrogens (tertiary/aromatic N) is 2. The molecule has 0 radical (unpaired) electrons. The molecule has 27 heavy (non-hydrogen) atoms. The van der Waals surface area contributed by atoms with Crippen molar-refractivity contribution in [2.75, 3.05) is 18.4 Å². The number of hydrogen-bond donors (Lipinski definition) is 1. The number of likely N-dealkylation sites (tertiary alicyclic amines) is 1. The number of carbonyl (C=O) groups is 2. The predicted octanol–water partition coefficient (Wildman–Crippen LogP) is 3.26. The van der Waals surface area contributed by atoms with Crippen LogP contribution in [0.4, 0.5) is 5.69 Å². The van der Waals surface area contributed by atoms with Crippen molar-refractivity contribution in [3.8, 4) is 0 Å².